The Morgan fingerprint density at radius 3 is 2.25 bits per heavy atom. The van der Waals surface area contributed by atoms with Crippen LogP contribution in [0.25, 0.3) is 0 Å². The molecule has 16 heavy (non-hydrogen) atoms. The molecule has 0 aliphatic carbocycles. The Bertz CT molecular complexity index is 383. The van der Waals surface area contributed by atoms with E-state index in [4.69, 9.17) is 10.5 Å². The second-order valence-corrected chi connectivity index (χ2v) is 5.06. The van der Waals surface area contributed by atoms with Crippen molar-refractivity contribution in [1.82, 2.24) is 9.97 Å². The second-order valence-electron chi connectivity index (χ2n) is 5.06. The van der Waals surface area contributed by atoms with Crippen LogP contribution in [0, 0.1) is 6.92 Å². The van der Waals surface area contributed by atoms with Crippen LogP contribution in [0.4, 0.5) is 5.95 Å². The quantitative estimate of drug-likeness (QED) is 0.836. The van der Waals surface area contributed by atoms with Gasteiger partial charge in [-0.1, -0.05) is 20.8 Å². The highest BCUT2D eigenvalue weighted by Crippen LogP contribution is 2.31. The average molecular weight is 223 g/mol. The number of aromatic nitrogens is 2. The molecule has 4 heteroatoms. The van der Waals surface area contributed by atoms with E-state index < -0.39 is 0 Å². The molecule has 1 atom stereocenters. The van der Waals surface area contributed by atoms with Crippen LogP contribution in [0.1, 0.15) is 50.8 Å². The molecule has 0 saturated heterocycles. The van der Waals surface area contributed by atoms with Gasteiger partial charge in [-0.15, -0.1) is 0 Å². The number of anilines is 1. The Kier molecular flexibility index (Phi) is 3.53. The first kappa shape index (κ1) is 12.9. The van der Waals surface area contributed by atoms with Gasteiger partial charge in [0.05, 0.1) is 11.8 Å². The van der Waals surface area contributed by atoms with E-state index in [0.29, 0.717) is 5.95 Å². The van der Waals surface area contributed by atoms with Gasteiger partial charge in [-0.25, -0.2) is 9.97 Å². The Balaban J connectivity index is 3.44. The molecular formula is C12H21N3O. The van der Waals surface area contributed by atoms with E-state index in [2.05, 4.69) is 30.7 Å². The van der Waals surface area contributed by atoms with Crippen molar-refractivity contribution in [3.8, 4) is 0 Å². The second kappa shape index (κ2) is 4.37. The first-order valence-electron chi connectivity index (χ1n) is 5.44. The molecule has 1 rings (SSSR count). The van der Waals surface area contributed by atoms with Crippen LogP contribution >= 0.6 is 0 Å². The number of ether oxygens (including phenoxy) is 1. The van der Waals surface area contributed by atoms with Crippen molar-refractivity contribution >= 4 is 5.95 Å². The fourth-order valence-electron chi connectivity index (χ4n) is 1.78. The summed E-state index contributed by atoms with van der Waals surface area (Å²) in [6.07, 6.45) is -0.0187. The molecule has 1 heterocycles. The summed E-state index contributed by atoms with van der Waals surface area (Å²) in [5.74, 6) is 0.328. The highest BCUT2D eigenvalue weighted by molar-refractivity contribution is 5.36. The lowest BCUT2D eigenvalue weighted by atomic mass is 9.86. The Labute approximate surface area is 97.2 Å². The zero-order chi connectivity index (χ0) is 12.5. The third-order valence-corrected chi connectivity index (χ3v) is 2.62. The molecule has 1 aromatic heterocycles. The summed E-state index contributed by atoms with van der Waals surface area (Å²) in [5.41, 5.74) is 8.54. The lowest BCUT2D eigenvalue weighted by molar-refractivity contribution is 0.116. The first-order chi connectivity index (χ1) is 7.27. The molecule has 0 bridgehead atoms. The molecular weight excluding hydrogens is 202 g/mol. The van der Waals surface area contributed by atoms with Gasteiger partial charge in [-0.05, 0) is 13.8 Å². The Hall–Kier alpha value is -1.16. The van der Waals surface area contributed by atoms with Crippen LogP contribution in [-0.4, -0.2) is 17.1 Å². The van der Waals surface area contributed by atoms with Gasteiger partial charge >= 0.3 is 0 Å². The number of hydrogen-bond acceptors (Lipinski definition) is 4. The summed E-state index contributed by atoms with van der Waals surface area (Å²) in [7, 11) is 1.69. The molecule has 4 nitrogen and oxygen atoms in total. The van der Waals surface area contributed by atoms with Crippen molar-refractivity contribution in [1.29, 1.82) is 0 Å². The summed E-state index contributed by atoms with van der Waals surface area (Å²) in [5, 5.41) is 0. The van der Waals surface area contributed by atoms with Crippen LogP contribution in [0.15, 0.2) is 0 Å². The summed E-state index contributed by atoms with van der Waals surface area (Å²) in [4.78, 5) is 8.56. The van der Waals surface area contributed by atoms with Crippen molar-refractivity contribution in [2.45, 2.75) is 46.1 Å². The summed E-state index contributed by atoms with van der Waals surface area (Å²) >= 11 is 0. The molecule has 2 N–H and O–H groups in total. The van der Waals surface area contributed by atoms with Crippen LogP contribution in [-0.2, 0) is 10.2 Å². The lowest BCUT2D eigenvalue weighted by Crippen LogP contribution is -2.21. The molecule has 0 aliphatic heterocycles. The van der Waals surface area contributed by atoms with Gasteiger partial charge in [0.2, 0.25) is 5.95 Å². The van der Waals surface area contributed by atoms with E-state index in [1.54, 1.807) is 7.11 Å². The fourth-order valence-corrected chi connectivity index (χ4v) is 1.78. The van der Waals surface area contributed by atoms with Crippen molar-refractivity contribution in [3.63, 3.8) is 0 Å². The minimum atomic E-state index is -0.0655. The van der Waals surface area contributed by atoms with Crippen LogP contribution in [0.5, 0.6) is 0 Å². The van der Waals surface area contributed by atoms with Crippen molar-refractivity contribution in [3.05, 3.63) is 17.0 Å². The van der Waals surface area contributed by atoms with E-state index in [0.717, 1.165) is 17.0 Å². The van der Waals surface area contributed by atoms with E-state index >= 15 is 0 Å². The molecule has 0 aliphatic rings. The third kappa shape index (κ3) is 2.50. The normalized spacial score (nSPS) is 13.9. The van der Waals surface area contributed by atoms with E-state index in [1.165, 1.54) is 0 Å². The molecule has 0 saturated carbocycles. The SMILES string of the molecule is COC(C)c1c(C)nc(N)nc1C(C)(C)C. The molecule has 90 valence electrons. The van der Waals surface area contributed by atoms with Gasteiger partial charge in [0.15, 0.2) is 0 Å². The summed E-state index contributed by atoms with van der Waals surface area (Å²) in [6.45, 7) is 10.3. The van der Waals surface area contributed by atoms with Gasteiger partial charge in [-0.3, -0.25) is 0 Å². The zero-order valence-electron chi connectivity index (χ0n) is 11.0. The number of hydrogen-bond donors (Lipinski definition) is 1. The molecule has 1 aromatic rings. The van der Waals surface area contributed by atoms with Crippen LogP contribution in [0.2, 0.25) is 0 Å². The monoisotopic (exact) mass is 223 g/mol. The summed E-state index contributed by atoms with van der Waals surface area (Å²) in [6, 6.07) is 0. The zero-order valence-corrected chi connectivity index (χ0v) is 11.0. The van der Waals surface area contributed by atoms with Gasteiger partial charge in [0, 0.05) is 23.8 Å². The fraction of sp³-hybridized carbons (Fsp3) is 0.667. The van der Waals surface area contributed by atoms with Gasteiger partial charge < -0.3 is 10.5 Å². The predicted octanol–water partition coefficient (Wildman–Crippen LogP) is 2.37. The molecule has 0 radical (unpaired) electrons. The molecule has 0 aromatic carbocycles. The standard InChI is InChI=1S/C12H21N3O/c1-7-9(8(2)16-6)10(12(3,4)5)15-11(13)14-7/h8H,1-6H3,(H2,13,14,15). The smallest absolute Gasteiger partial charge is 0.220 e. The number of nitrogen functional groups attached to an aromatic ring is 1. The van der Waals surface area contributed by atoms with E-state index in [9.17, 15) is 0 Å². The minimum absolute atomic E-state index is 0.0187. The number of rotatable bonds is 2. The van der Waals surface area contributed by atoms with Crippen LogP contribution in [0.3, 0.4) is 0 Å². The van der Waals surface area contributed by atoms with Crippen molar-refractivity contribution in [2.24, 2.45) is 0 Å². The van der Waals surface area contributed by atoms with Gasteiger partial charge in [0.1, 0.15) is 0 Å². The Morgan fingerprint density at radius 2 is 1.81 bits per heavy atom. The third-order valence-electron chi connectivity index (χ3n) is 2.62. The Morgan fingerprint density at radius 1 is 1.25 bits per heavy atom. The predicted molar refractivity (Wildman–Crippen MR) is 65.3 cm³/mol. The summed E-state index contributed by atoms with van der Waals surface area (Å²) < 4.78 is 5.37. The first-order valence-corrected chi connectivity index (χ1v) is 5.44. The van der Waals surface area contributed by atoms with Gasteiger partial charge in [-0.2, -0.15) is 0 Å². The highest BCUT2D eigenvalue weighted by Gasteiger charge is 2.25. The van der Waals surface area contributed by atoms with Crippen molar-refractivity contribution in [2.75, 3.05) is 12.8 Å². The van der Waals surface area contributed by atoms with E-state index in [1.807, 2.05) is 13.8 Å². The lowest BCUT2D eigenvalue weighted by Gasteiger charge is -2.25. The molecule has 1 unspecified atom stereocenters. The largest absolute Gasteiger partial charge is 0.377 e. The topological polar surface area (TPSA) is 61.0 Å². The van der Waals surface area contributed by atoms with Crippen molar-refractivity contribution < 1.29 is 4.74 Å². The number of aryl methyl sites for hydroxylation is 1. The molecule has 0 amide bonds. The maximum absolute atomic E-state index is 5.70. The number of nitrogens with two attached hydrogens (primary N) is 1. The van der Waals surface area contributed by atoms with E-state index in [-0.39, 0.29) is 11.5 Å². The van der Waals surface area contributed by atoms with Gasteiger partial charge in [0.25, 0.3) is 0 Å². The molecule has 0 fully saturated rings. The molecule has 0 spiro atoms. The average Bonchev–Trinajstić information content (AvgIpc) is 2.14. The van der Waals surface area contributed by atoms with Crippen LogP contribution < -0.4 is 5.73 Å². The highest BCUT2D eigenvalue weighted by atomic mass is 16.5. The number of methoxy groups -OCH3 is 1. The number of nitrogens with zero attached hydrogens (tertiary/aromatic N) is 2. The minimum Gasteiger partial charge on any atom is -0.377 e. The maximum atomic E-state index is 5.70. The maximum Gasteiger partial charge on any atom is 0.220 e.